The lowest BCUT2D eigenvalue weighted by atomic mass is 10.1. The van der Waals surface area contributed by atoms with E-state index in [1.807, 2.05) is 37.3 Å². The Morgan fingerprint density at radius 1 is 1.24 bits per heavy atom. The molecule has 2 amide bonds. The summed E-state index contributed by atoms with van der Waals surface area (Å²) in [4.78, 5) is 24.0. The number of carbonyl (C=O) groups is 2. The predicted molar refractivity (Wildman–Crippen MR) is 111 cm³/mol. The number of anilines is 1. The third-order valence-electron chi connectivity index (χ3n) is 4.21. The van der Waals surface area contributed by atoms with Crippen molar-refractivity contribution in [3.05, 3.63) is 65.9 Å². The Balaban J connectivity index is 1.92. The summed E-state index contributed by atoms with van der Waals surface area (Å²) >= 11 is 0. The van der Waals surface area contributed by atoms with Crippen LogP contribution in [0, 0.1) is 11.3 Å². The van der Waals surface area contributed by atoms with E-state index in [0.717, 1.165) is 10.9 Å². The van der Waals surface area contributed by atoms with E-state index in [1.54, 1.807) is 35.0 Å². The second-order valence-corrected chi connectivity index (χ2v) is 6.28. The summed E-state index contributed by atoms with van der Waals surface area (Å²) in [6, 6.07) is 16.3. The number of amides is 2. The number of primary amides is 1. The average Bonchev–Trinajstić information content (AvgIpc) is 3.03. The van der Waals surface area contributed by atoms with Crippen molar-refractivity contribution in [2.24, 2.45) is 5.73 Å². The van der Waals surface area contributed by atoms with Crippen molar-refractivity contribution < 1.29 is 14.3 Å². The number of nitrogens with one attached hydrogen (secondary N) is 1. The van der Waals surface area contributed by atoms with Crippen LogP contribution in [-0.4, -0.2) is 23.0 Å². The number of nitriles is 1. The molecular formula is C22H20N4O3. The molecule has 0 atom stereocenters. The molecule has 1 heterocycles. The van der Waals surface area contributed by atoms with Gasteiger partial charge in [-0.05, 0) is 31.2 Å². The summed E-state index contributed by atoms with van der Waals surface area (Å²) < 4.78 is 7.12. The van der Waals surface area contributed by atoms with Gasteiger partial charge in [-0.15, -0.1) is 0 Å². The minimum absolute atomic E-state index is 0.00660. The van der Waals surface area contributed by atoms with Crippen molar-refractivity contribution in [3.63, 3.8) is 0 Å². The minimum atomic E-state index is -0.534. The smallest absolute Gasteiger partial charge is 0.266 e. The lowest BCUT2D eigenvalue weighted by Gasteiger charge is -2.07. The average molecular weight is 388 g/mol. The van der Waals surface area contributed by atoms with Crippen LogP contribution in [0.2, 0.25) is 0 Å². The molecule has 0 aliphatic heterocycles. The van der Waals surface area contributed by atoms with Gasteiger partial charge in [0.2, 0.25) is 5.91 Å². The van der Waals surface area contributed by atoms with Gasteiger partial charge in [0.25, 0.3) is 5.91 Å². The highest BCUT2D eigenvalue weighted by atomic mass is 16.5. The number of nitrogens with zero attached hydrogens (tertiary/aromatic N) is 2. The number of benzene rings is 2. The molecule has 0 fully saturated rings. The molecule has 0 aliphatic carbocycles. The molecule has 0 spiro atoms. The summed E-state index contributed by atoms with van der Waals surface area (Å²) in [5.74, 6) is -0.385. The third kappa shape index (κ3) is 4.62. The Morgan fingerprint density at radius 2 is 2.03 bits per heavy atom. The Bertz CT molecular complexity index is 1140. The number of nitrogens with two attached hydrogens (primary N) is 1. The van der Waals surface area contributed by atoms with Gasteiger partial charge in [-0.2, -0.15) is 5.26 Å². The van der Waals surface area contributed by atoms with Crippen LogP contribution < -0.4 is 15.8 Å². The molecule has 3 rings (SSSR count). The van der Waals surface area contributed by atoms with Crippen molar-refractivity contribution in [2.75, 3.05) is 11.9 Å². The molecule has 3 aromatic rings. The zero-order valence-corrected chi connectivity index (χ0v) is 15.9. The van der Waals surface area contributed by atoms with Crippen LogP contribution in [0.15, 0.2) is 60.3 Å². The molecule has 7 heteroatoms. The number of carbonyl (C=O) groups excluding carboxylic acids is 2. The number of fused-ring (bicyclic) bond motifs is 1. The first kappa shape index (κ1) is 19.7. The maximum absolute atomic E-state index is 12.6. The van der Waals surface area contributed by atoms with Crippen molar-refractivity contribution in [2.45, 2.75) is 13.5 Å². The first-order valence-corrected chi connectivity index (χ1v) is 9.04. The number of para-hydroxylation sites is 1. The summed E-state index contributed by atoms with van der Waals surface area (Å²) in [6.07, 6.45) is 3.21. The van der Waals surface area contributed by atoms with E-state index < -0.39 is 11.8 Å². The third-order valence-corrected chi connectivity index (χ3v) is 4.21. The van der Waals surface area contributed by atoms with Gasteiger partial charge in [0.1, 0.15) is 23.9 Å². The molecule has 0 saturated heterocycles. The zero-order chi connectivity index (χ0) is 20.8. The second kappa shape index (κ2) is 8.76. The van der Waals surface area contributed by atoms with Gasteiger partial charge in [-0.3, -0.25) is 9.59 Å². The van der Waals surface area contributed by atoms with Crippen LogP contribution in [0.25, 0.3) is 17.0 Å². The van der Waals surface area contributed by atoms with Crippen LogP contribution in [0.4, 0.5) is 5.69 Å². The molecule has 0 saturated carbocycles. The molecule has 146 valence electrons. The summed E-state index contributed by atoms with van der Waals surface area (Å²) in [5, 5.41) is 13.0. The Morgan fingerprint density at radius 3 is 2.76 bits per heavy atom. The molecule has 0 radical (unpaired) electrons. The quantitative estimate of drug-likeness (QED) is 0.479. The maximum atomic E-state index is 12.6. The largest absolute Gasteiger partial charge is 0.494 e. The molecule has 7 nitrogen and oxygen atoms in total. The van der Waals surface area contributed by atoms with Crippen LogP contribution in [-0.2, 0) is 16.1 Å². The Labute approximate surface area is 168 Å². The Hall–Kier alpha value is -4.05. The van der Waals surface area contributed by atoms with Crippen molar-refractivity contribution in [3.8, 4) is 11.8 Å². The topological polar surface area (TPSA) is 110 Å². The minimum Gasteiger partial charge on any atom is -0.494 e. The standard InChI is InChI=1S/C22H20N4O3/c1-2-29-18-7-5-6-17(11-18)25-22(28)15(12-23)10-16-13-26(14-21(24)27)20-9-4-3-8-19(16)20/h3-11,13H,2,14H2,1H3,(H2,24,27)(H,25,28)/b15-10-. The second-order valence-electron chi connectivity index (χ2n) is 6.28. The van der Waals surface area contributed by atoms with Gasteiger partial charge in [0, 0.05) is 34.4 Å². The van der Waals surface area contributed by atoms with E-state index in [1.165, 1.54) is 6.08 Å². The van der Waals surface area contributed by atoms with Crippen molar-refractivity contribution in [1.82, 2.24) is 4.57 Å². The van der Waals surface area contributed by atoms with Gasteiger partial charge >= 0.3 is 0 Å². The zero-order valence-electron chi connectivity index (χ0n) is 15.9. The number of hydrogen-bond donors (Lipinski definition) is 2. The molecule has 3 N–H and O–H groups in total. The fraction of sp³-hybridized carbons (Fsp3) is 0.136. The van der Waals surface area contributed by atoms with E-state index >= 15 is 0 Å². The Kier molecular flexibility index (Phi) is 5.95. The van der Waals surface area contributed by atoms with Crippen LogP contribution in [0.3, 0.4) is 0 Å². The molecular weight excluding hydrogens is 368 g/mol. The highest BCUT2D eigenvalue weighted by molar-refractivity contribution is 6.10. The predicted octanol–water partition coefficient (Wildman–Crippen LogP) is 3.07. The van der Waals surface area contributed by atoms with E-state index in [2.05, 4.69) is 5.32 Å². The summed E-state index contributed by atoms with van der Waals surface area (Å²) in [6.45, 7) is 2.39. The van der Waals surface area contributed by atoms with E-state index in [0.29, 0.717) is 23.6 Å². The SMILES string of the molecule is CCOc1cccc(NC(=O)/C(C#N)=C\c2cn(CC(N)=O)c3ccccc23)c1. The van der Waals surface area contributed by atoms with Gasteiger partial charge < -0.3 is 20.4 Å². The normalized spacial score (nSPS) is 11.1. The van der Waals surface area contributed by atoms with Gasteiger partial charge in [0.05, 0.1) is 6.61 Å². The fourth-order valence-electron chi connectivity index (χ4n) is 3.02. The number of hydrogen-bond acceptors (Lipinski definition) is 4. The van der Waals surface area contributed by atoms with Crippen LogP contribution in [0.1, 0.15) is 12.5 Å². The molecule has 1 aromatic heterocycles. The van der Waals surface area contributed by atoms with Crippen LogP contribution >= 0.6 is 0 Å². The van der Waals surface area contributed by atoms with Crippen molar-refractivity contribution in [1.29, 1.82) is 5.26 Å². The van der Waals surface area contributed by atoms with E-state index in [-0.39, 0.29) is 12.1 Å². The van der Waals surface area contributed by atoms with Gasteiger partial charge in [0.15, 0.2) is 0 Å². The molecule has 29 heavy (non-hydrogen) atoms. The first-order chi connectivity index (χ1) is 14.0. The first-order valence-electron chi connectivity index (χ1n) is 9.04. The summed E-state index contributed by atoms with van der Waals surface area (Å²) in [5.41, 5.74) is 7.22. The molecule has 0 aliphatic rings. The van der Waals surface area contributed by atoms with Crippen LogP contribution in [0.5, 0.6) is 5.75 Å². The van der Waals surface area contributed by atoms with E-state index in [4.69, 9.17) is 10.5 Å². The molecule has 2 aromatic carbocycles. The number of rotatable bonds is 7. The highest BCUT2D eigenvalue weighted by Crippen LogP contribution is 2.24. The lowest BCUT2D eigenvalue weighted by Crippen LogP contribution is -2.17. The molecule has 0 unspecified atom stereocenters. The lowest BCUT2D eigenvalue weighted by molar-refractivity contribution is -0.118. The van der Waals surface area contributed by atoms with E-state index in [9.17, 15) is 14.9 Å². The fourth-order valence-corrected chi connectivity index (χ4v) is 3.02. The number of aromatic nitrogens is 1. The van der Waals surface area contributed by atoms with Gasteiger partial charge in [-0.1, -0.05) is 24.3 Å². The number of ether oxygens (including phenoxy) is 1. The maximum Gasteiger partial charge on any atom is 0.266 e. The monoisotopic (exact) mass is 388 g/mol. The molecule has 0 bridgehead atoms. The summed E-state index contributed by atoms with van der Waals surface area (Å²) in [7, 11) is 0. The van der Waals surface area contributed by atoms with Gasteiger partial charge in [-0.25, -0.2) is 0 Å². The van der Waals surface area contributed by atoms with Crippen molar-refractivity contribution >= 4 is 34.5 Å². The highest BCUT2D eigenvalue weighted by Gasteiger charge is 2.13.